The zero-order chi connectivity index (χ0) is 27.2. The second-order valence-electron chi connectivity index (χ2n) is 9.03. The van der Waals surface area contributed by atoms with Gasteiger partial charge in [0.05, 0.1) is 30.6 Å². The number of hydrogen-bond acceptors (Lipinski definition) is 4. The molecule has 1 heterocycles. The minimum absolute atomic E-state index is 0.188. The number of benzene rings is 4. The SMILES string of the molecule is COc1ccccc1Oc1c(CN(Cc2ccccc2)C(=O)c2cccc(F)c2)c(C)nn1-c1ccccc1. The van der Waals surface area contributed by atoms with Crippen molar-refractivity contribution in [3.05, 3.63) is 137 Å². The number of aryl methyl sites for hydroxylation is 1. The molecule has 39 heavy (non-hydrogen) atoms. The molecule has 0 radical (unpaired) electrons. The zero-order valence-electron chi connectivity index (χ0n) is 21.8. The fourth-order valence-corrected chi connectivity index (χ4v) is 4.37. The van der Waals surface area contributed by atoms with Crippen molar-refractivity contribution in [2.45, 2.75) is 20.0 Å². The molecule has 0 spiro atoms. The molecule has 0 aliphatic carbocycles. The maximum Gasteiger partial charge on any atom is 0.254 e. The maximum absolute atomic E-state index is 14.1. The Bertz CT molecular complexity index is 1570. The van der Waals surface area contributed by atoms with Gasteiger partial charge in [-0.2, -0.15) is 5.10 Å². The Balaban J connectivity index is 1.60. The van der Waals surface area contributed by atoms with Crippen molar-refractivity contribution in [2.75, 3.05) is 7.11 Å². The van der Waals surface area contributed by atoms with Gasteiger partial charge in [-0.05, 0) is 55.0 Å². The summed E-state index contributed by atoms with van der Waals surface area (Å²) in [6.45, 7) is 2.39. The first-order chi connectivity index (χ1) is 19.0. The van der Waals surface area contributed by atoms with Gasteiger partial charge in [0, 0.05) is 12.1 Å². The average Bonchev–Trinajstić information content (AvgIpc) is 3.28. The van der Waals surface area contributed by atoms with Crippen LogP contribution in [0.3, 0.4) is 0 Å². The second-order valence-corrected chi connectivity index (χ2v) is 9.03. The lowest BCUT2D eigenvalue weighted by Gasteiger charge is -2.24. The van der Waals surface area contributed by atoms with Gasteiger partial charge in [-0.15, -0.1) is 0 Å². The van der Waals surface area contributed by atoms with Gasteiger partial charge in [0.2, 0.25) is 5.88 Å². The number of nitrogens with zero attached hydrogens (tertiary/aromatic N) is 3. The van der Waals surface area contributed by atoms with Crippen molar-refractivity contribution in [1.82, 2.24) is 14.7 Å². The summed E-state index contributed by atoms with van der Waals surface area (Å²) in [5, 5.41) is 4.79. The Morgan fingerprint density at radius 2 is 1.51 bits per heavy atom. The van der Waals surface area contributed by atoms with E-state index in [0.29, 0.717) is 29.6 Å². The number of carbonyl (C=O) groups is 1. The first-order valence-corrected chi connectivity index (χ1v) is 12.6. The Morgan fingerprint density at radius 1 is 0.846 bits per heavy atom. The van der Waals surface area contributed by atoms with Crippen molar-refractivity contribution < 1.29 is 18.7 Å². The molecule has 5 rings (SSSR count). The van der Waals surface area contributed by atoms with Gasteiger partial charge in [0.25, 0.3) is 5.91 Å². The van der Waals surface area contributed by atoms with E-state index in [1.807, 2.05) is 91.9 Å². The molecule has 7 heteroatoms. The van der Waals surface area contributed by atoms with Crippen LogP contribution in [0.15, 0.2) is 109 Å². The lowest BCUT2D eigenvalue weighted by atomic mass is 10.1. The Hall–Kier alpha value is -4.91. The number of rotatable bonds is 9. The summed E-state index contributed by atoms with van der Waals surface area (Å²) in [6.07, 6.45) is 0. The molecule has 1 amide bonds. The molecule has 0 saturated carbocycles. The molecule has 0 unspecified atom stereocenters. The number of ether oxygens (including phenoxy) is 2. The van der Waals surface area contributed by atoms with Crippen molar-refractivity contribution in [3.63, 3.8) is 0 Å². The molecule has 4 aromatic carbocycles. The van der Waals surface area contributed by atoms with Gasteiger partial charge in [-0.25, -0.2) is 9.07 Å². The number of hydrogen-bond donors (Lipinski definition) is 0. The summed E-state index contributed by atoms with van der Waals surface area (Å²) in [4.78, 5) is 15.4. The van der Waals surface area contributed by atoms with Gasteiger partial charge >= 0.3 is 0 Å². The summed E-state index contributed by atoms with van der Waals surface area (Å²) in [5.74, 6) is 0.791. The van der Waals surface area contributed by atoms with E-state index in [-0.39, 0.29) is 18.0 Å². The topological polar surface area (TPSA) is 56.6 Å². The molecule has 0 saturated heterocycles. The highest BCUT2D eigenvalue weighted by atomic mass is 19.1. The van der Waals surface area contributed by atoms with Crippen LogP contribution in [-0.2, 0) is 13.1 Å². The number of methoxy groups -OCH3 is 1. The van der Waals surface area contributed by atoms with Crippen LogP contribution in [0, 0.1) is 12.7 Å². The summed E-state index contributed by atoms with van der Waals surface area (Å²) >= 11 is 0. The fourth-order valence-electron chi connectivity index (χ4n) is 4.37. The van der Waals surface area contributed by atoms with E-state index in [1.165, 1.54) is 18.2 Å². The number of para-hydroxylation sites is 3. The normalized spacial score (nSPS) is 10.7. The minimum Gasteiger partial charge on any atom is -0.493 e. The number of carbonyl (C=O) groups excluding carboxylic acids is 1. The van der Waals surface area contributed by atoms with E-state index in [9.17, 15) is 9.18 Å². The third-order valence-corrected chi connectivity index (χ3v) is 6.34. The molecule has 0 aliphatic rings. The fraction of sp³-hybridized carbons (Fsp3) is 0.125. The van der Waals surface area contributed by atoms with E-state index in [2.05, 4.69) is 0 Å². The van der Waals surface area contributed by atoms with Crippen LogP contribution in [0.1, 0.15) is 27.2 Å². The molecule has 196 valence electrons. The van der Waals surface area contributed by atoms with Gasteiger partial charge < -0.3 is 14.4 Å². The van der Waals surface area contributed by atoms with Crippen molar-refractivity contribution in [2.24, 2.45) is 0 Å². The zero-order valence-corrected chi connectivity index (χ0v) is 21.8. The molecular formula is C32H28FN3O3. The van der Waals surface area contributed by atoms with Crippen LogP contribution in [0.2, 0.25) is 0 Å². The third kappa shape index (κ3) is 5.83. The highest BCUT2D eigenvalue weighted by Gasteiger charge is 2.25. The monoisotopic (exact) mass is 521 g/mol. The van der Waals surface area contributed by atoms with E-state index in [0.717, 1.165) is 16.8 Å². The highest BCUT2D eigenvalue weighted by Crippen LogP contribution is 2.36. The molecule has 1 aromatic heterocycles. The van der Waals surface area contributed by atoms with E-state index in [4.69, 9.17) is 14.6 Å². The van der Waals surface area contributed by atoms with Gasteiger partial charge in [0.1, 0.15) is 5.82 Å². The third-order valence-electron chi connectivity index (χ3n) is 6.34. The number of amides is 1. The molecule has 0 fully saturated rings. The number of halogens is 1. The first-order valence-electron chi connectivity index (χ1n) is 12.6. The Labute approximate surface area is 226 Å². The molecule has 0 atom stereocenters. The second kappa shape index (κ2) is 11.6. The van der Waals surface area contributed by atoms with E-state index >= 15 is 0 Å². The maximum atomic E-state index is 14.1. The molecule has 6 nitrogen and oxygen atoms in total. The van der Waals surface area contributed by atoms with Gasteiger partial charge in [-0.3, -0.25) is 4.79 Å². The molecule has 5 aromatic rings. The lowest BCUT2D eigenvalue weighted by Crippen LogP contribution is -2.30. The van der Waals surface area contributed by atoms with E-state index in [1.54, 1.807) is 22.8 Å². The first kappa shape index (κ1) is 25.7. The van der Waals surface area contributed by atoms with Gasteiger partial charge in [-0.1, -0.05) is 66.7 Å². The average molecular weight is 522 g/mol. The Kier molecular flexibility index (Phi) is 7.68. The largest absolute Gasteiger partial charge is 0.493 e. The molecule has 0 bridgehead atoms. The van der Waals surface area contributed by atoms with Crippen molar-refractivity contribution in [1.29, 1.82) is 0 Å². The minimum atomic E-state index is -0.464. The van der Waals surface area contributed by atoms with Crippen LogP contribution < -0.4 is 9.47 Å². The molecule has 0 aliphatic heterocycles. The summed E-state index contributed by atoms with van der Waals surface area (Å²) in [5.41, 5.74) is 3.45. The summed E-state index contributed by atoms with van der Waals surface area (Å²) < 4.78 is 27.8. The predicted octanol–water partition coefficient (Wildman–Crippen LogP) is 6.96. The van der Waals surface area contributed by atoms with Crippen LogP contribution in [0.4, 0.5) is 4.39 Å². The standard InChI is InChI=1S/C32H28FN3O3/c1-23-28(22-35(21-24-12-5-3-6-13-24)31(37)25-14-11-15-26(33)20-25)32(36(34-23)27-16-7-4-8-17-27)39-30-19-10-9-18-29(30)38-2/h3-20H,21-22H2,1-2H3. The van der Waals surface area contributed by atoms with Crippen LogP contribution in [0.25, 0.3) is 5.69 Å². The van der Waals surface area contributed by atoms with Crippen molar-refractivity contribution in [3.8, 4) is 23.1 Å². The Morgan fingerprint density at radius 3 is 2.21 bits per heavy atom. The summed E-state index contributed by atoms with van der Waals surface area (Å²) in [6, 6.07) is 32.5. The van der Waals surface area contributed by atoms with E-state index < -0.39 is 5.82 Å². The van der Waals surface area contributed by atoms with Crippen LogP contribution >= 0.6 is 0 Å². The highest BCUT2D eigenvalue weighted by molar-refractivity contribution is 5.94. The molecular weight excluding hydrogens is 493 g/mol. The predicted molar refractivity (Wildman–Crippen MR) is 148 cm³/mol. The summed E-state index contributed by atoms with van der Waals surface area (Å²) in [7, 11) is 1.59. The smallest absolute Gasteiger partial charge is 0.254 e. The number of aromatic nitrogens is 2. The lowest BCUT2D eigenvalue weighted by molar-refractivity contribution is 0.0728. The van der Waals surface area contributed by atoms with Crippen LogP contribution in [-0.4, -0.2) is 27.7 Å². The van der Waals surface area contributed by atoms with Gasteiger partial charge in [0.15, 0.2) is 11.5 Å². The quantitative estimate of drug-likeness (QED) is 0.210. The van der Waals surface area contributed by atoms with Crippen molar-refractivity contribution >= 4 is 5.91 Å². The van der Waals surface area contributed by atoms with Crippen LogP contribution in [0.5, 0.6) is 17.4 Å². The molecule has 0 N–H and O–H groups in total.